The van der Waals surface area contributed by atoms with Gasteiger partial charge in [0, 0.05) is 18.1 Å². The topological polar surface area (TPSA) is 120 Å². The molecule has 162 valence electrons. The van der Waals surface area contributed by atoms with Gasteiger partial charge in [0.1, 0.15) is 5.75 Å². The molecule has 9 nitrogen and oxygen atoms in total. The highest BCUT2D eigenvalue weighted by Crippen LogP contribution is 2.22. The molecule has 3 rings (SSSR count). The molecule has 1 aromatic heterocycles. The molecule has 0 fully saturated rings. The van der Waals surface area contributed by atoms with E-state index in [4.69, 9.17) is 9.47 Å². The van der Waals surface area contributed by atoms with Gasteiger partial charge in [-0.05, 0) is 48.4 Å². The van der Waals surface area contributed by atoms with Crippen LogP contribution in [0.5, 0.6) is 11.6 Å². The zero-order valence-corrected chi connectivity index (χ0v) is 17.8. The number of nitrogens with one attached hydrogen (secondary N) is 2. The maximum absolute atomic E-state index is 12.6. The van der Waals surface area contributed by atoms with Crippen LogP contribution >= 0.6 is 0 Å². The Morgan fingerprint density at radius 2 is 1.81 bits per heavy atom. The summed E-state index contributed by atoms with van der Waals surface area (Å²) >= 11 is 0. The summed E-state index contributed by atoms with van der Waals surface area (Å²) in [4.78, 5) is 20.0. The van der Waals surface area contributed by atoms with E-state index in [0.29, 0.717) is 11.4 Å². The molecule has 0 aliphatic heterocycles. The first-order valence-electron chi connectivity index (χ1n) is 9.40. The Hall–Kier alpha value is -3.66. The molecule has 0 aliphatic carbocycles. The summed E-state index contributed by atoms with van der Waals surface area (Å²) in [6.45, 7) is 1.87. The lowest BCUT2D eigenvalue weighted by atomic mass is 10.2. The molecule has 0 saturated carbocycles. The van der Waals surface area contributed by atoms with Gasteiger partial charge < -0.3 is 14.8 Å². The number of hydrogen-bond donors (Lipinski definition) is 2. The third-order valence-corrected chi connectivity index (χ3v) is 5.57. The molecule has 3 aromatic rings. The maximum Gasteiger partial charge on any atom is 0.263 e. The number of rotatable bonds is 9. The summed E-state index contributed by atoms with van der Waals surface area (Å²) in [5, 5.41) is 2.67. The molecule has 0 bridgehead atoms. The van der Waals surface area contributed by atoms with Crippen LogP contribution < -0.4 is 19.5 Å². The predicted octanol–water partition coefficient (Wildman–Crippen LogP) is 2.87. The van der Waals surface area contributed by atoms with Gasteiger partial charge in [-0.2, -0.15) is 0 Å². The van der Waals surface area contributed by atoms with Gasteiger partial charge >= 0.3 is 0 Å². The molecule has 0 saturated heterocycles. The SMILES string of the molecule is CCc1cccc(OCC(=O)Nc2ccc(S(=O)(=O)Nc3nccnc3OC)cc2)c1. The highest BCUT2D eigenvalue weighted by atomic mass is 32.2. The molecule has 0 unspecified atom stereocenters. The first-order valence-corrected chi connectivity index (χ1v) is 10.9. The number of benzene rings is 2. The van der Waals surface area contributed by atoms with E-state index >= 15 is 0 Å². The van der Waals surface area contributed by atoms with E-state index < -0.39 is 10.0 Å². The van der Waals surface area contributed by atoms with Gasteiger partial charge in [0.05, 0.1) is 12.0 Å². The summed E-state index contributed by atoms with van der Waals surface area (Å²) in [5.74, 6) is 0.285. The Bertz CT molecular complexity index is 1150. The summed E-state index contributed by atoms with van der Waals surface area (Å²) in [5.41, 5.74) is 1.55. The van der Waals surface area contributed by atoms with Gasteiger partial charge in [-0.25, -0.2) is 18.4 Å². The summed E-state index contributed by atoms with van der Waals surface area (Å²) in [6, 6.07) is 13.2. The average Bonchev–Trinajstić information content (AvgIpc) is 2.78. The molecule has 2 N–H and O–H groups in total. The monoisotopic (exact) mass is 442 g/mol. The Kier molecular flexibility index (Phi) is 7.03. The lowest BCUT2D eigenvalue weighted by molar-refractivity contribution is -0.118. The van der Waals surface area contributed by atoms with E-state index in [-0.39, 0.29) is 29.1 Å². The Morgan fingerprint density at radius 1 is 1.06 bits per heavy atom. The Labute approximate surface area is 180 Å². The number of carbonyl (C=O) groups excluding carboxylic acids is 1. The molecule has 0 atom stereocenters. The fraction of sp³-hybridized carbons (Fsp3) is 0.190. The fourth-order valence-electron chi connectivity index (χ4n) is 2.65. The number of aromatic nitrogens is 2. The summed E-state index contributed by atoms with van der Waals surface area (Å²) < 4.78 is 38.0. The highest BCUT2D eigenvalue weighted by molar-refractivity contribution is 7.92. The maximum atomic E-state index is 12.6. The van der Waals surface area contributed by atoms with E-state index in [1.165, 1.54) is 43.8 Å². The largest absolute Gasteiger partial charge is 0.484 e. The third kappa shape index (κ3) is 5.92. The number of sulfonamides is 1. The van der Waals surface area contributed by atoms with Crippen molar-refractivity contribution in [1.82, 2.24) is 9.97 Å². The van der Waals surface area contributed by atoms with Crippen molar-refractivity contribution in [3.05, 3.63) is 66.5 Å². The number of aryl methyl sites for hydroxylation is 1. The fourth-order valence-corrected chi connectivity index (χ4v) is 3.66. The van der Waals surface area contributed by atoms with Gasteiger partial charge in [-0.3, -0.25) is 9.52 Å². The van der Waals surface area contributed by atoms with E-state index in [2.05, 4.69) is 20.0 Å². The second kappa shape index (κ2) is 9.90. The molecule has 0 spiro atoms. The van der Waals surface area contributed by atoms with Crippen molar-refractivity contribution in [2.75, 3.05) is 23.8 Å². The zero-order chi connectivity index (χ0) is 22.3. The molecule has 0 aliphatic rings. The number of anilines is 2. The van der Waals surface area contributed by atoms with Crippen LogP contribution in [0.15, 0.2) is 65.8 Å². The number of methoxy groups -OCH3 is 1. The lowest BCUT2D eigenvalue weighted by Gasteiger charge is -2.11. The molecule has 2 aromatic carbocycles. The number of carbonyl (C=O) groups is 1. The number of nitrogens with zero attached hydrogens (tertiary/aromatic N) is 2. The average molecular weight is 442 g/mol. The highest BCUT2D eigenvalue weighted by Gasteiger charge is 2.18. The normalized spacial score (nSPS) is 10.9. The number of ether oxygens (including phenoxy) is 2. The van der Waals surface area contributed by atoms with E-state index in [9.17, 15) is 13.2 Å². The van der Waals surface area contributed by atoms with Crippen molar-refractivity contribution in [3.8, 4) is 11.6 Å². The standard InChI is InChI=1S/C21H22N4O5S/c1-3-15-5-4-6-17(13-15)30-14-19(26)24-16-7-9-18(10-8-16)31(27,28)25-20-21(29-2)23-12-11-22-20/h4-13H,3,14H2,1-2H3,(H,22,25)(H,24,26). The summed E-state index contributed by atoms with van der Waals surface area (Å²) in [7, 11) is -2.55. The lowest BCUT2D eigenvalue weighted by Crippen LogP contribution is -2.20. The van der Waals surface area contributed by atoms with Crippen molar-refractivity contribution in [1.29, 1.82) is 0 Å². The van der Waals surface area contributed by atoms with Crippen molar-refractivity contribution in [2.24, 2.45) is 0 Å². The van der Waals surface area contributed by atoms with Gasteiger partial charge in [0.15, 0.2) is 6.61 Å². The Morgan fingerprint density at radius 3 is 2.52 bits per heavy atom. The summed E-state index contributed by atoms with van der Waals surface area (Å²) in [6.07, 6.45) is 3.61. The molecule has 0 radical (unpaired) electrons. The third-order valence-electron chi connectivity index (χ3n) is 4.21. The van der Waals surface area contributed by atoms with Crippen LogP contribution in [0.3, 0.4) is 0 Å². The zero-order valence-electron chi connectivity index (χ0n) is 17.0. The molecule has 10 heteroatoms. The van der Waals surface area contributed by atoms with Crippen LogP contribution in [0.25, 0.3) is 0 Å². The first kappa shape index (κ1) is 22.0. The molecule has 1 amide bonds. The van der Waals surface area contributed by atoms with Crippen LogP contribution in [0, 0.1) is 0 Å². The quantitative estimate of drug-likeness (QED) is 0.523. The van der Waals surface area contributed by atoms with Crippen LogP contribution in [-0.2, 0) is 21.2 Å². The smallest absolute Gasteiger partial charge is 0.263 e. The van der Waals surface area contributed by atoms with Gasteiger partial charge in [0.2, 0.25) is 5.82 Å². The van der Waals surface area contributed by atoms with Crippen molar-refractivity contribution in [3.63, 3.8) is 0 Å². The van der Waals surface area contributed by atoms with Crippen LogP contribution in [0.4, 0.5) is 11.5 Å². The van der Waals surface area contributed by atoms with E-state index in [0.717, 1.165) is 12.0 Å². The van der Waals surface area contributed by atoms with Gasteiger partial charge in [0.25, 0.3) is 21.8 Å². The van der Waals surface area contributed by atoms with Crippen molar-refractivity contribution < 1.29 is 22.7 Å². The molecular weight excluding hydrogens is 420 g/mol. The minimum Gasteiger partial charge on any atom is -0.484 e. The number of hydrogen-bond acceptors (Lipinski definition) is 7. The molecular formula is C21H22N4O5S. The Balaban J connectivity index is 1.60. The minimum absolute atomic E-state index is 0.00849. The van der Waals surface area contributed by atoms with Crippen molar-refractivity contribution in [2.45, 2.75) is 18.2 Å². The van der Waals surface area contributed by atoms with E-state index in [1.54, 1.807) is 6.07 Å². The van der Waals surface area contributed by atoms with Crippen molar-refractivity contribution >= 4 is 27.4 Å². The minimum atomic E-state index is -3.91. The van der Waals surface area contributed by atoms with Gasteiger partial charge in [-0.1, -0.05) is 19.1 Å². The van der Waals surface area contributed by atoms with Gasteiger partial charge in [-0.15, -0.1) is 0 Å². The van der Waals surface area contributed by atoms with Crippen LogP contribution in [-0.4, -0.2) is 38.0 Å². The van der Waals surface area contributed by atoms with Crippen LogP contribution in [0.2, 0.25) is 0 Å². The van der Waals surface area contributed by atoms with Crippen LogP contribution in [0.1, 0.15) is 12.5 Å². The predicted molar refractivity (Wildman–Crippen MR) is 116 cm³/mol. The van der Waals surface area contributed by atoms with E-state index in [1.807, 2.05) is 25.1 Å². The number of amides is 1. The molecule has 31 heavy (non-hydrogen) atoms. The first-order chi connectivity index (χ1) is 14.9. The second-order valence-electron chi connectivity index (χ2n) is 6.38. The molecule has 1 heterocycles. The second-order valence-corrected chi connectivity index (χ2v) is 8.06.